The lowest BCUT2D eigenvalue weighted by atomic mass is 9.98. The fourth-order valence-electron chi connectivity index (χ4n) is 3.50. The molecule has 9 heteroatoms. The zero-order valence-corrected chi connectivity index (χ0v) is 18.4. The first-order valence-corrected chi connectivity index (χ1v) is 11.8. The zero-order valence-electron chi connectivity index (χ0n) is 17.6. The number of nitrogens with one attached hydrogen (secondary N) is 1. The van der Waals surface area contributed by atoms with Crippen LogP contribution in [-0.4, -0.2) is 68.9 Å². The number of hydrogen-bond acceptors (Lipinski definition) is 7. The topological polar surface area (TPSA) is 108 Å². The number of sulfonamides is 1. The maximum Gasteiger partial charge on any atom is 0.243 e. The molecule has 3 rings (SSSR count). The predicted octanol–water partition coefficient (Wildman–Crippen LogP) is 1.83. The molecular formula is C22H30N2O6S. The molecule has 0 aromatic heterocycles. The summed E-state index contributed by atoms with van der Waals surface area (Å²) in [6.07, 6.45) is 0.870. The molecule has 0 spiro atoms. The Morgan fingerprint density at radius 3 is 2.29 bits per heavy atom. The van der Waals surface area contributed by atoms with Crippen molar-refractivity contribution < 1.29 is 28.1 Å². The van der Waals surface area contributed by atoms with Crippen molar-refractivity contribution in [1.29, 1.82) is 0 Å². The Balaban J connectivity index is 1.37. The number of piperidine rings is 1. The Bertz CT molecular complexity index is 910. The number of nitrogens with zero attached hydrogens (tertiary/aromatic N) is 1. The summed E-state index contributed by atoms with van der Waals surface area (Å²) < 4.78 is 37.7. The standard InChI is InChI=1S/C22H30N2O6S/c1-29-20-6-8-22(9-7-20)31(27,28)24-12-10-17(11-13-24)14-23-15-19(26)16-30-21-4-2-18(25)3-5-21/h2-9,17,19,23,25-26H,10-16H2,1H3/t19-/m0/s1. The Morgan fingerprint density at radius 2 is 1.68 bits per heavy atom. The molecule has 0 radical (unpaired) electrons. The summed E-state index contributed by atoms with van der Waals surface area (Å²) in [7, 11) is -1.95. The first kappa shape index (κ1) is 23.3. The van der Waals surface area contributed by atoms with Gasteiger partial charge in [-0.15, -0.1) is 0 Å². The lowest BCUT2D eigenvalue weighted by molar-refractivity contribution is 0.104. The fraction of sp³-hybridized carbons (Fsp3) is 0.455. The monoisotopic (exact) mass is 450 g/mol. The van der Waals surface area contributed by atoms with Crippen LogP contribution >= 0.6 is 0 Å². The van der Waals surface area contributed by atoms with Gasteiger partial charge in [-0.3, -0.25) is 0 Å². The zero-order chi connectivity index (χ0) is 22.3. The van der Waals surface area contributed by atoms with Crippen LogP contribution in [0.3, 0.4) is 0 Å². The molecule has 3 N–H and O–H groups in total. The van der Waals surface area contributed by atoms with E-state index >= 15 is 0 Å². The van der Waals surface area contributed by atoms with Crippen LogP contribution < -0.4 is 14.8 Å². The number of aromatic hydroxyl groups is 1. The van der Waals surface area contributed by atoms with E-state index in [0.29, 0.717) is 43.6 Å². The number of methoxy groups -OCH3 is 1. The summed E-state index contributed by atoms with van der Waals surface area (Å²) >= 11 is 0. The smallest absolute Gasteiger partial charge is 0.243 e. The minimum atomic E-state index is -3.50. The van der Waals surface area contributed by atoms with Gasteiger partial charge in [0.05, 0.1) is 12.0 Å². The number of phenols is 1. The summed E-state index contributed by atoms with van der Waals surface area (Å²) in [5.74, 6) is 1.73. The Labute approximate surface area is 183 Å². The van der Waals surface area contributed by atoms with Gasteiger partial charge < -0.3 is 25.0 Å². The minimum absolute atomic E-state index is 0.149. The lowest BCUT2D eigenvalue weighted by Gasteiger charge is -2.31. The predicted molar refractivity (Wildman–Crippen MR) is 117 cm³/mol. The molecule has 1 heterocycles. The number of benzene rings is 2. The quantitative estimate of drug-likeness (QED) is 0.507. The highest BCUT2D eigenvalue weighted by atomic mass is 32.2. The van der Waals surface area contributed by atoms with E-state index in [-0.39, 0.29) is 17.3 Å². The van der Waals surface area contributed by atoms with Crippen LogP contribution in [0.4, 0.5) is 0 Å². The second-order valence-electron chi connectivity index (χ2n) is 7.64. The first-order valence-electron chi connectivity index (χ1n) is 10.3. The summed E-state index contributed by atoms with van der Waals surface area (Å²) in [5.41, 5.74) is 0. The number of aliphatic hydroxyl groups is 1. The maximum absolute atomic E-state index is 12.8. The van der Waals surface area contributed by atoms with Crippen molar-refractivity contribution in [3.63, 3.8) is 0 Å². The van der Waals surface area contributed by atoms with Crippen molar-refractivity contribution in [1.82, 2.24) is 9.62 Å². The lowest BCUT2D eigenvalue weighted by Crippen LogP contribution is -2.42. The van der Waals surface area contributed by atoms with E-state index in [9.17, 15) is 18.6 Å². The van der Waals surface area contributed by atoms with Crippen molar-refractivity contribution >= 4 is 10.0 Å². The molecule has 31 heavy (non-hydrogen) atoms. The second kappa shape index (κ2) is 10.8. The van der Waals surface area contributed by atoms with E-state index < -0.39 is 16.1 Å². The third-order valence-electron chi connectivity index (χ3n) is 5.36. The summed E-state index contributed by atoms with van der Waals surface area (Å²) in [6.45, 7) is 2.21. The van der Waals surface area contributed by atoms with E-state index in [1.165, 1.54) is 16.4 Å². The molecule has 0 unspecified atom stereocenters. The molecule has 2 aromatic rings. The normalized spacial score (nSPS) is 16.7. The Morgan fingerprint density at radius 1 is 1.06 bits per heavy atom. The van der Waals surface area contributed by atoms with Gasteiger partial charge in [0.2, 0.25) is 10.0 Å². The highest BCUT2D eigenvalue weighted by molar-refractivity contribution is 7.89. The highest BCUT2D eigenvalue weighted by Gasteiger charge is 2.29. The molecule has 1 atom stereocenters. The van der Waals surface area contributed by atoms with Crippen molar-refractivity contribution in [2.75, 3.05) is 39.9 Å². The summed E-state index contributed by atoms with van der Waals surface area (Å²) in [6, 6.07) is 12.8. The molecule has 1 aliphatic rings. The molecule has 0 aliphatic carbocycles. The number of phenolic OH excluding ortho intramolecular Hbond substituents is 1. The van der Waals surface area contributed by atoms with E-state index in [1.54, 1.807) is 43.5 Å². The Kier molecular flexibility index (Phi) is 8.14. The third-order valence-corrected chi connectivity index (χ3v) is 7.28. The molecule has 1 saturated heterocycles. The van der Waals surface area contributed by atoms with Gasteiger partial charge in [0.25, 0.3) is 0 Å². The van der Waals surface area contributed by atoms with Gasteiger partial charge in [-0.2, -0.15) is 4.31 Å². The van der Waals surface area contributed by atoms with Crippen LogP contribution in [0, 0.1) is 5.92 Å². The van der Waals surface area contributed by atoms with Crippen LogP contribution in [0.2, 0.25) is 0 Å². The average Bonchev–Trinajstić information content (AvgIpc) is 2.79. The molecule has 0 saturated carbocycles. The van der Waals surface area contributed by atoms with Crippen molar-refractivity contribution in [2.45, 2.75) is 23.8 Å². The molecule has 2 aromatic carbocycles. The van der Waals surface area contributed by atoms with Gasteiger partial charge in [-0.05, 0) is 73.8 Å². The van der Waals surface area contributed by atoms with Gasteiger partial charge in [0, 0.05) is 19.6 Å². The molecule has 0 amide bonds. The van der Waals surface area contributed by atoms with E-state index in [2.05, 4.69) is 5.32 Å². The van der Waals surface area contributed by atoms with Gasteiger partial charge in [-0.25, -0.2) is 8.42 Å². The van der Waals surface area contributed by atoms with E-state index in [1.807, 2.05) is 0 Å². The largest absolute Gasteiger partial charge is 0.508 e. The molecule has 170 valence electrons. The summed E-state index contributed by atoms with van der Waals surface area (Å²) in [4.78, 5) is 0.279. The van der Waals surface area contributed by atoms with Crippen LogP contribution in [0.25, 0.3) is 0 Å². The molecule has 8 nitrogen and oxygen atoms in total. The molecular weight excluding hydrogens is 420 g/mol. The van der Waals surface area contributed by atoms with Crippen molar-refractivity contribution in [2.24, 2.45) is 5.92 Å². The molecule has 1 aliphatic heterocycles. The van der Waals surface area contributed by atoms with Gasteiger partial charge in [0.1, 0.15) is 30.0 Å². The molecule has 1 fully saturated rings. The second-order valence-corrected chi connectivity index (χ2v) is 9.58. The minimum Gasteiger partial charge on any atom is -0.508 e. The van der Waals surface area contributed by atoms with E-state index in [4.69, 9.17) is 9.47 Å². The highest BCUT2D eigenvalue weighted by Crippen LogP contribution is 2.25. The summed E-state index contributed by atoms with van der Waals surface area (Å²) in [5, 5.41) is 22.6. The van der Waals surface area contributed by atoms with Gasteiger partial charge in [0.15, 0.2) is 0 Å². The number of hydrogen-bond donors (Lipinski definition) is 3. The molecule has 0 bridgehead atoms. The Hall–Kier alpha value is -2.33. The number of rotatable bonds is 10. The van der Waals surface area contributed by atoms with Crippen LogP contribution in [-0.2, 0) is 10.0 Å². The SMILES string of the molecule is COc1ccc(S(=O)(=O)N2CCC(CNC[C@H](O)COc3ccc(O)cc3)CC2)cc1. The van der Waals surface area contributed by atoms with Crippen LogP contribution in [0.15, 0.2) is 53.4 Å². The van der Waals surface area contributed by atoms with Crippen LogP contribution in [0.5, 0.6) is 17.2 Å². The van der Waals surface area contributed by atoms with Crippen molar-refractivity contribution in [3.8, 4) is 17.2 Å². The van der Waals surface area contributed by atoms with Crippen LogP contribution in [0.1, 0.15) is 12.8 Å². The first-order chi connectivity index (χ1) is 14.9. The number of aliphatic hydroxyl groups excluding tert-OH is 1. The van der Waals surface area contributed by atoms with Crippen molar-refractivity contribution in [3.05, 3.63) is 48.5 Å². The fourth-order valence-corrected chi connectivity index (χ4v) is 4.97. The number of ether oxygens (including phenoxy) is 2. The van der Waals surface area contributed by atoms with E-state index in [0.717, 1.165) is 12.8 Å². The average molecular weight is 451 g/mol. The van der Waals surface area contributed by atoms with Gasteiger partial charge >= 0.3 is 0 Å². The maximum atomic E-state index is 12.8. The van der Waals surface area contributed by atoms with Gasteiger partial charge in [-0.1, -0.05) is 0 Å². The third kappa shape index (κ3) is 6.57.